The Morgan fingerprint density at radius 2 is 0.929 bits per heavy atom. The van der Waals surface area contributed by atoms with Crippen LogP contribution in [0.1, 0.15) is 258 Å². The van der Waals surface area contributed by atoms with Gasteiger partial charge in [0.05, 0.1) is 25.4 Å². The van der Waals surface area contributed by atoms with Gasteiger partial charge < -0.3 is 20.3 Å². The molecule has 0 saturated carbocycles. The molecule has 0 aromatic heterocycles. The Kier molecular flexibility index (Phi) is 44.7. The monoisotopic (exact) mass is 790 g/mol. The zero-order valence-electron chi connectivity index (χ0n) is 37.4. The first kappa shape index (κ1) is 54.3. The summed E-state index contributed by atoms with van der Waals surface area (Å²) in [6.07, 6.45) is 52.8. The fourth-order valence-electron chi connectivity index (χ4n) is 7.44. The number of aliphatic hydroxyl groups excluding tert-OH is 2. The average molecular weight is 790 g/mol. The van der Waals surface area contributed by atoms with Gasteiger partial charge in [0.25, 0.3) is 0 Å². The lowest BCUT2D eigenvalue weighted by atomic mass is 10.0. The minimum absolute atomic E-state index is 0.0151. The molecule has 0 radical (unpaired) electrons. The summed E-state index contributed by atoms with van der Waals surface area (Å²) in [5.41, 5.74) is 0. The number of hydrogen-bond acceptors (Lipinski definition) is 5. The second kappa shape index (κ2) is 46.0. The normalized spacial score (nSPS) is 12.9. The van der Waals surface area contributed by atoms with Gasteiger partial charge >= 0.3 is 5.97 Å². The maximum Gasteiger partial charge on any atom is 0.305 e. The molecule has 0 saturated heterocycles. The molecule has 0 aliphatic carbocycles. The fraction of sp³-hybridized carbons (Fsp3) is 0.880. The van der Waals surface area contributed by atoms with Gasteiger partial charge in [-0.25, -0.2) is 0 Å². The van der Waals surface area contributed by atoms with Crippen LogP contribution in [0.2, 0.25) is 0 Å². The van der Waals surface area contributed by atoms with Crippen LogP contribution in [0.25, 0.3) is 0 Å². The van der Waals surface area contributed by atoms with Gasteiger partial charge in [0, 0.05) is 12.8 Å². The lowest BCUT2D eigenvalue weighted by molar-refractivity contribution is -0.143. The first-order chi connectivity index (χ1) is 27.5. The quantitative estimate of drug-likeness (QED) is 0.0324. The van der Waals surface area contributed by atoms with Crippen LogP contribution >= 0.6 is 0 Å². The van der Waals surface area contributed by atoms with Gasteiger partial charge in [0.15, 0.2) is 0 Å². The summed E-state index contributed by atoms with van der Waals surface area (Å²) in [5, 5.41) is 23.1. The summed E-state index contributed by atoms with van der Waals surface area (Å²) in [5.74, 6) is -0.0608. The highest BCUT2D eigenvalue weighted by atomic mass is 16.5. The fourth-order valence-corrected chi connectivity index (χ4v) is 7.44. The van der Waals surface area contributed by atoms with Crippen LogP contribution in [0.15, 0.2) is 24.3 Å². The number of amides is 1. The smallest absolute Gasteiger partial charge is 0.305 e. The number of hydrogen-bond donors (Lipinski definition) is 3. The molecular weight excluding hydrogens is 695 g/mol. The van der Waals surface area contributed by atoms with E-state index in [4.69, 9.17) is 4.74 Å². The highest BCUT2D eigenvalue weighted by molar-refractivity contribution is 5.76. The number of unbranched alkanes of at least 4 members (excludes halogenated alkanes) is 30. The number of ether oxygens (including phenoxy) is 1. The summed E-state index contributed by atoms with van der Waals surface area (Å²) in [7, 11) is 0. The molecule has 330 valence electrons. The molecule has 0 bridgehead atoms. The second-order valence-electron chi connectivity index (χ2n) is 16.8. The van der Waals surface area contributed by atoms with E-state index in [1.165, 1.54) is 167 Å². The first-order valence-corrected chi connectivity index (χ1v) is 24.6. The van der Waals surface area contributed by atoms with E-state index in [1.807, 2.05) is 0 Å². The summed E-state index contributed by atoms with van der Waals surface area (Å²) < 4.78 is 5.45. The molecule has 0 spiro atoms. The van der Waals surface area contributed by atoms with Crippen LogP contribution in [-0.2, 0) is 14.3 Å². The van der Waals surface area contributed by atoms with E-state index in [0.717, 1.165) is 57.8 Å². The third kappa shape index (κ3) is 42.0. The van der Waals surface area contributed by atoms with Gasteiger partial charge in [-0.2, -0.15) is 0 Å². The van der Waals surface area contributed by atoms with Crippen LogP contribution in [-0.4, -0.2) is 47.4 Å². The molecule has 0 aromatic carbocycles. The Bertz CT molecular complexity index is 874. The van der Waals surface area contributed by atoms with Crippen molar-refractivity contribution in [2.45, 2.75) is 270 Å². The van der Waals surface area contributed by atoms with Gasteiger partial charge in [-0.3, -0.25) is 9.59 Å². The largest absolute Gasteiger partial charge is 0.466 e. The Labute approximate surface area is 348 Å². The molecule has 6 nitrogen and oxygen atoms in total. The number of carbonyl (C=O) groups is 2. The van der Waals surface area contributed by atoms with Crippen molar-refractivity contribution in [2.24, 2.45) is 0 Å². The van der Waals surface area contributed by atoms with Crippen molar-refractivity contribution in [3.8, 4) is 0 Å². The predicted octanol–water partition coefficient (Wildman–Crippen LogP) is 14.3. The summed E-state index contributed by atoms with van der Waals surface area (Å²) in [6.45, 7) is 4.85. The minimum Gasteiger partial charge on any atom is -0.466 e. The van der Waals surface area contributed by atoms with Gasteiger partial charge in [-0.1, -0.05) is 218 Å². The number of nitrogens with one attached hydrogen (secondary N) is 1. The van der Waals surface area contributed by atoms with Crippen LogP contribution < -0.4 is 5.32 Å². The lowest BCUT2D eigenvalue weighted by Gasteiger charge is -2.22. The van der Waals surface area contributed by atoms with Crippen molar-refractivity contribution in [2.75, 3.05) is 13.2 Å². The number of carbonyl (C=O) groups excluding carboxylic acids is 2. The SMILES string of the molecule is CCC/C=C\C/C=C\CCCCCCCC(=O)OCCCCCCCCCCCCCCCCCC(=O)NC(CO)C(O)CCCCCCCCCCCCC. The molecule has 56 heavy (non-hydrogen) atoms. The topological polar surface area (TPSA) is 95.9 Å². The predicted molar refractivity (Wildman–Crippen MR) is 241 cm³/mol. The Hall–Kier alpha value is -1.66. The highest BCUT2D eigenvalue weighted by Crippen LogP contribution is 2.16. The molecule has 2 atom stereocenters. The van der Waals surface area contributed by atoms with Crippen LogP contribution in [0, 0.1) is 0 Å². The minimum atomic E-state index is -0.668. The molecule has 0 aromatic rings. The van der Waals surface area contributed by atoms with Crippen molar-refractivity contribution in [3.63, 3.8) is 0 Å². The zero-order valence-corrected chi connectivity index (χ0v) is 37.4. The summed E-state index contributed by atoms with van der Waals surface area (Å²) in [4.78, 5) is 24.4. The number of esters is 1. The average Bonchev–Trinajstić information content (AvgIpc) is 3.20. The standard InChI is InChI=1S/C50H95NO5/c1-3-5-7-9-11-13-15-19-24-28-32-36-40-44-50(55)56-45-41-37-33-29-25-21-18-16-17-20-23-27-31-35-39-43-49(54)51-47(46-52)48(53)42-38-34-30-26-22-14-12-10-8-6-4-2/h7,9,13,15,47-48,52-53H,3-6,8,10-12,14,16-46H2,1-2H3,(H,51,54)/b9-7-,15-13-. The van der Waals surface area contributed by atoms with Crippen molar-refractivity contribution in [3.05, 3.63) is 24.3 Å². The van der Waals surface area contributed by atoms with Crippen molar-refractivity contribution >= 4 is 11.9 Å². The van der Waals surface area contributed by atoms with Gasteiger partial charge in [0.2, 0.25) is 5.91 Å². The number of rotatable bonds is 45. The third-order valence-corrected chi connectivity index (χ3v) is 11.2. The molecule has 0 aliphatic heterocycles. The molecule has 3 N–H and O–H groups in total. The Morgan fingerprint density at radius 1 is 0.500 bits per heavy atom. The third-order valence-electron chi connectivity index (χ3n) is 11.2. The molecule has 1 amide bonds. The molecule has 0 aliphatic rings. The maximum absolute atomic E-state index is 12.4. The lowest BCUT2D eigenvalue weighted by Crippen LogP contribution is -2.45. The van der Waals surface area contributed by atoms with Crippen molar-refractivity contribution < 1.29 is 24.5 Å². The van der Waals surface area contributed by atoms with Crippen molar-refractivity contribution in [1.82, 2.24) is 5.32 Å². The van der Waals surface area contributed by atoms with E-state index >= 15 is 0 Å². The second-order valence-corrected chi connectivity index (χ2v) is 16.8. The molecule has 6 heteroatoms. The molecule has 0 rings (SSSR count). The van der Waals surface area contributed by atoms with E-state index in [0.29, 0.717) is 25.9 Å². The van der Waals surface area contributed by atoms with Gasteiger partial charge in [0.1, 0.15) is 0 Å². The van der Waals surface area contributed by atoms with E-state index in [9.17, 15) is 19.8 Å². The van der Waals surface area contributed by atoms with E-state index in [1.54, 1.807) is 0 Å². The van der Waals surface area contributed by atoms with Gasteiger partial charge in [-0.15, -0.1) is 0 Å². The van der Waals surface area contributed by atoms with E-state index in [2.05, 4.69) is 43.5 Å². The van der Waals surface area contributed by atoms with Crippen LogP contribution in [0.3, 0.4) is 0 Å². The number of aliphatic hydroxyl groups is 2. The first-order valence-electron chi connectivity index (χ1n) is 24.6. The molecular formula is C50H95NO5. The van der Waals surface area contributed by atoms with Crippen LogP contribution in [0.5, 0.6) is 0 Å². The molecule has 0 heterocycles. The van der Waals surface area contributed by atoms with Gasteiger partial charge in [-0.05, 0) is 51.4 Å². The van der Waals surface area contributed by atoms with Crippen molar-refractivity contribution in [1.29, 1.82) is 0 Å². The maximum atomic E-state index is 12.4. The van der Waals surface area contributed by atoms with Crippen LogP contribution in [0.4, 0.5) is 0 Å². The number of allylic oxidation sites excluding steroid dienone is 4. The van der Waals surface area contributed by atoms with E-state index < -0.39 is 12.1 Å². The summed E-state index contributed by atoms with van der Waals surface area (Å²) in [6, 6.07) is -0.546. The summed E-state index contributed by atoms with van der Waals surface area (Å²) >= 11 is 0. The Balaban J connectivity index is 3.43. The zero-order chi connectivity index (χ0) is 40.8. The Morgan fingerprint density at radius 3 is 1.43 bits per heavy atom. The molecule has 2 unspecified atom stereocenters. The van der Waals surface area contributed by atoms with E-state index in [-0.39, 0.29) is 18.5 Å². The highest BCUT2D eigenvalue weighted by Gasteiger charge is 2.20. The molecule has 0 fully saturated rings.